The monoisotopic (exact) mass is 296 g/mol. The molecule has 0 spiro atoms. The molecule has 2 rings (SSSR count). The van der Waals surface area contributed by atoms with Crippen molar-refractivity contribution in [3.8, 4) is 0 Å². The van der Waals surface area contributed by atoms with Crippen LogP contribution in [0.25, 0.3) is 0 Å². The van der Waals surface area contributed by atoms with Gasteiger partial charge in [0.15, 0.2) is 0 Å². The van der Waals surface area contributed by atoms with Crippen molar-refractivity contribution in [2.24, 2.45) is 17.6 Å². The SMILES string of the molecule is CC(C)Cc1nc(C2(N)CCC(C)CC2)sc1C(=O)O. The molecule has 0 atom stereocenters. The number of aromatic carboxylic acids is 1. The minimum Gasteiger partial charge on any atom is -0.477 e. The lowest BCUT2D eigenvalue weighted by Crippen LogP contribution is -2.40. The molecule has 1 fully saturated rings. The molecule has 0 radical (unpaired) electrons. The van der Waals surface area contributed by atoms with Crippen LogP contribution in [0.5, 0.6) is 0 Å². The molecule has 1 aromatic heterocycles. The highest BCUT2D eigenvalue weighted by molar-refractivity contribution is 7.13. The third-order valence-electron chi connectivity index (χ3n) is 4.09. The lowest BCUT2D eigenvalue weighted by molar-refractivity contribution is 0.0700. The standard InChI is InChI=1S/C15H24N2O2S/c1-9(2)8-11-12(13(18)19)20-14(17-11)15(16)6-4-10(3)5-7-15/h9-10H,4-8,16H2,1-3H3,(H,18,19). The molecule has 112 valence electrons. The van der Waals surface area contributed by atoms with E-state index in [1.54, 1.807) is 0 Å². The van der Waals surface area contributed by atoms with E-state index < -0.39 is 11.5 Å². The summed E-state index contributed by atoms with van der Waals surface area (Å²) in [5, 5.41) is 10.2. The number of carboxylic acids is 1. The van der Waals surface area contributed by atoms with Crippen molar-refractivity contribution in [1.29, 1.82) is 0 Å². The first-order valence-electron chi connectivity index (χ1n) is 7.34. The van der Waals surface area contributed by atoms with Gasteiger partial charge in [0.05, 0.1) is 11.2 Å². The summed E-state index contributed by atoms with van der Waals surface area (Å²) in [6, 6.07) is 0. The fraction of sp³-hybridized carbons (Fsp3) is 0.733. The van der Waals surface area contributed by atoms with Crippen LogP contribution in [-0.4, -0.2) is 16.1 Å². The third kappa shape index (κ3) is 3.20. The molecular weight excluding hydrogens is 272 g/mol. The number of hydrogen-bond acceptors (Lipinski definition) is 4. The quantitative estimate of drug-likeness (QED) is 0.892. The highest BCUT2D eigenvalue weighted by Crippen LogP contribution is 2.40. The highest BCUT2D eigenvalue weighted by atomic mass is 32.1. The number of carbonyl (C=O) groups is 1. The fourth-order valence-corrected chi connectivity index (χ4v) is 3.84. The Morgan fingerprint density at radius 3 is 2.60 bits per heavy atom. The van der Waals surface area contributed by atoms with Crippen LogP contribution in [0.15, 0.2) is 0 Å². The molecule has 3 N–H and O–H groups in total. The zero-order chi connectivity index (χ0) is 14.9. The van der Waals surface area contributed by atoms with Gasteiger partial charge in [-0.3, -0.25) is 0 Å². The van der Waals surface area contributed by atoms with E-state index in [1.807, 2.05) is 0 Å². The number of nitrogens with two attached hydrogens (primary N) is 1. The first kappa shape index (κ1) is 15.4. The molecule has 5 heteroatoms. The summed E-state index contributed by atoms with van der Waals surface area (Å²) in [7, 11) is 0. The van der Waals surface area contributed by atoms with Gasteiger partial charge in [-0.2, -0.15) is 0 Å². The number of carboxylic acid groups (broad SMARTS) is 1. The second-order valence-corrected chi connectivity index (χ2v) is 7.54. The predicted octanol–water partition coefficient (Wildman–Crippen LogP) is 3.40. The molecule has 0 saturated heterocycles. The van der Waals surface area contributed by atoms with Gasteiger partial charge < -0.3 is 10.8 Å². The van der Waals surface area contributed by atoms with Crippen LogP contribution in [0.1, 0.15) is 66.8 Å². The van der Waals surface area contributed by atoms with Gasteiger partial charge in [-0.05, 0) is 43.9 Å². The van der Waals surface area contributed by atoms with Crippen molar-refractivity contribution in [2.45, 2.75) is 58.4 Å². The first-order chi connectivity index (χ1) is 9.32. The molecule has 20 heavy (non-hydrogen) atoms. The van der Waals surface area contributed by atoms with Crippen LogP contribution in [0.4, 0.5) is 0 Å². The zero-order valence-electron chi connectivity index (χ0n) is 12.5. The normalized spacial score (nSPS) is 26.9. The Labute approximate surface area is 124 Å². The van der Waals surface area contributed by atoms with Crippen LogP contribution in [0.2, 0.25) is 0 Å². The average molecular weight is 296 g/mol. The molecule has 0 unspecified atom stereocenters. The summed E-state index contributed by atoms with van der Waals surface area (Å²) >= 11 is 1.28. The van der Waals surface area contributed by atoms with Crippen LogP contribution in [0, 0.1) is 11.8 Å². The van der Waals surface area contributed by atoms with Crippen molar-refractivity contribution >= 4 is 17.3 Å². The zero-order valence-corrected chi connectivity index (χ0v) is 13.3. The van der Waals surface area contributed by atoms with E-state index in [0.29, 0.717) is 28.8 Å². The van der Waals surface area contributed by atoms with E-state index >= 15 is 0 Å². The Morgan fingerprint density at radius 1 is 1.50 bits per heavy atom. The van der Waals surface area contributed by atoms with Crippen molar-refractivity contribution in [2.75, 3.05) is 0 Å². The summed E-state index contributed by atoms with van der Waals surface area (Å²) in [5.41, 5.74) is 6.80. The molecule has 0 aliphatic heterocycles. The van der Waals surface area contributed by atoms with Gasteiger partial charge in [-0.1, -0.05) is 20.8 Å². The molecule has 1 aliphatic carbocycles. The molecule has 0 bridgehead atoms. The number of nitrogens with zero attached hydrogens (tertiary/aromatic N) is 1. The van der Waals surface area contributed by atoms with Crippen molar-refractivity contribution < 1.29 is 9.90 Å². The lowest BCUT2D eigenvalue weighted by atomic mass is 9.78. The van der Waals surface area contributed by atoms with Gasteiger partial charge in [-0.25, -0.2) is 9.78 Å². The minimum atomic E-state index is -0.878. The maximum absolute atomic E-state index is 11.4. The van der Waals surface area contributed by atoms with Crippen LogP contribution < -0.4 is 5.73 Å². The molecular formula is C15H24N2O2S. The van der Waals surface area contributed by atoms with Gasteiger partial charge in [0, 0.05) is 0 Å². The summed E-state index contributed by atoms with van der Waals surface area (Å²) in [6.45, 7) is 6.39. The Hall–Kier alpha value is -0.940. The molecule has 4 nitrogen and oxygen atoms in total. The summed E-state index contributed by atoms with van der Waals surface area (Å²) < 4.78 is 0. The summed E-state index contributed by atoms with van der Waals surface area (Å²) in [5.74, 6) is 0.223. The Bertz CT molecular complexity index is 488. The van der Waals surface area contributed by atoms with E-state index in [-0.39, 0.29) is 0 Å². The maximum Gasteiger partial charge on any atom is 0.347 e. The smallest absolute Gasteiger partial charge is 0.347 e. The molecule has 0 aromatic carbocycles. The Morgan fingerprint density at radius 2 is 2.10 bits per heavy atom. The summed E-state index contributed by atoms with van der Waals surface area (Å²) in [4.78, 5) is 16.4. The Balaban J connectivity index is 2.30. The minimum absolute atomic E-state index is 0.372. The van der Waals surface area contributed by atoms with E-state index in [2.05, 4.69) is 25.8 Å². The number of aromatic nitrogens is 1. The van der Waals surface area contributed by atoms with E-state index in [0.717, 1.165) is 30.7 Å². The third-order valence-corrected chi connectivity index (χ3v) is 5.39. The fourth-order valence-electron chi connectivity index (χ4n) is 2.75. The molecule has 1 heterocycles. The molecule has 1 saturated carbocycles. The largest absolute Gasteiger partial charge is 0.477 e. The van der Waals surface area contributed by atoms with Gasteiger partial charge in [0.1, 0.15) is 9.88 Å². The van der Waals surface area contributed by atoms with E-state index in [4.69, 9.17) is 5.73 Å². The topological polar surface area (TPSA) is 76.2 Å². The van der Waals surface area contributed by atoms with Crippen molar-refractivity contribution in [1.82, 2.24) is 4.98 Å². The van der Waals surface area contributed by atoms with Gasteiger partial charge >= 0.3 is 5.97 Å². The van der Waals surface area contributed by atoms with Gasteiger partial charge in [0.25, 0.3) is 0 Å². The van der Waals surface area contributed by atoms with Gasteiger partial charge in [0.2, 0.25) is 0 Å². The van der Waals surface area contributed by atoms with E-state index in [1.165, 1.54) is 11.3 Å². The van der Waals surface area contributed by atoms with E-state index in [9.17, 15) is 9.90 Å². The highest BCUT2D eigenvalue weighted by Gasteiger charge is 2.36. The molecule has 1 aromatic rings. The van der Waals surface area contributed by atoms with Crippen molar-refractivity contribution in [3.63, 3.8) is 0 Å². The number of hydrogen-bond donors (Lipinski definition) is 2. The second kappa shape index (κ2) is 5.82. The predicted molar refractivity (Wildman–Crippen MR) is 81.1 cm³/mol. The van der Waals surface area contributed by atoms with Crippen LogP contribution in [-0.2, 0) is 12.0 Å². The second-order valence-electron chi connectivity index (χ2n) is 6.54. The maximum atomic E-state index is 11.4. The number of rotatable bonds is 4. The van der Waals surface area contributed by atoms with Crippen LogP contribution >= 0.6 is 11.3 Å². The van der Waals surface area contributed by atoms with Crippen LogP contribution in [0.3, 0.4) is 0 Å². The molecule has 0 amide bonds. The average Bonchev–Trinajstić information content (AvgIpc) is 2.77. The summed E-state index contributed by atoms with van der Waals surface area (Å²) in [6.07, 6.45) is 4.70. The number of thiazole rings is 1. The van der Waals surface area contributed by atoms with Gasteiger partial charge in [-0.15, -0.1) is 11.3 Å². The van der Waals surface area contributed by atoms with Crippen molar-refractivity contribution in [3.05, 3.63) is 15.6 Å². The molecule has 1 aliphatic rings. The first-order valence-corrected chi connectivity index (χ1v) is 8.16. The Kier molecular flexibility index (Phi) is 4.49. The lowest BCUT2D eigenvalue weighted by Gasteiger charge is -2.34.